The van der Waals surface area contributed by atoms with Gasteiger partial charge in [0, 0.05) is 11.4 Å². The van der Waals surface area contributed by atoms with Crippen LogP contribution in [0, 0.1) is 17.8 Å². The smallest absolute Gasteiger partial charge is 0.244 e. The van der Waals surface area contributed by atoms with Gasteiger partial charge in [0.25, 0.3) is 0 Å². The van der Waals surface area contributed by atoms with Gasteiger partial charge < -0.3 is 16.4 Å². The van der Waals surface area contributed by atoms with Crippen molar-refractivity contribution in [3.05, 3.63) is 53.1 Å². The average Bonchev–Trinajstić information content (AvgIpc) is 3.49. The number of hydrogen-bond acceptors (Lipinski definition) is 3. The van der Waals surface area contributed by atoms with Gasteiger partial charge in [0.05, 0.1) is 16.2 Å². The summed E-state index contributed by atoms with van der Waals surface area (Å²) < 4.78 is 0. The molecular weight excluding hydrogens is 406 g/mol. The second kappa shape index (κ2) is 6.98. The molecule has 0 atom stereocenters. The Morgan fingerprint density at radius 2 is 1.48 bits per heavy atom. The van der Waals surface area contributed by atoms with Crippen molar-refractivity contribution in [3.8, 4) is 0 Å². The number of nitrogens with one attached hydrogen (secondary N) is 2. The van der Waals surface area contributed by atoms with Crippen molar-refractivity contribution in [2.45, 2.75) is 62.3 Å². The fourth-order valence-electron chi connectivity index (χ4n) is 6.82. The van der Waals surface area contributed by atoms with Crippen LogP contribution in [0.4, 0.5) is 17.1 Å². The third-order valence-corrected chi connectivity index (χ3v) is 8.60. The topological polar surface area (TPSA) is 67.2 Å². The Kier molecular flexibility index (Phi) is 4.42. The minimum atomic E-state index is -0.664. The van der Waals surface area contributed by atoms with E-state index in [4.69, 9.17) is 17.3 Å². The predicted molar refractivity (Wildman–Crippen MR) is 126 cm³/mol. The molecule has 4 bridgehead atoms. The van der Waals surface area contributed by atoms with Gasteiger partial charge in [-0.15, -0.1) is 0 Å². The molecule has 4 N–H and O–H groups in total. The summed E-state index contributed by atoms with van der Waals surface area (Å²) in [5, 5.41) is 7.11. The first-order valence-electron chi connectivity index (χ1n) is 11.7. The molecular formula is C26H30ClN3O. The molecule has 0 aromatic heterocycles. The van der Waals surface area contributed by atoms with Crippen molar-refractivity contribution in [1.29, 1.82) is 0 Å². The zero-order chi connectivity index (χ0) is 21.2. The van der Waals surface area contributed by atoms with Crippen LogP contribution >= 0.6 is 11.6 Å². The molecule has 5 aliphatic rings. The van der Waals surface area contributed by atoms with Crippen molar-refractivity contribution in [1.82, 2.24) is 0 Å². The highest BCUT2D eigenvalue weighted by Gasteiger charge is 2.51. The van der Waals surface area contributed by atoms with Crippen LogP contribution < -0.4 is 16.4 Å². The van der Waals surface area contributed by atoms with Crippen LogP contribution in [0.2, 0.25) is 5.02 Å². The van der Waals surface area contributed by atoms with Gasteiger partial charge in [0.2, 0.25) is 5.91 Å². The van der Waals surface area contributed by atoms with Crippen LogP contribution in [0.15, 0.2) is 42.5 Å². The summed E-state index contributed by atoms with van der Waals surface area (Å²) in [7, 11) is 0. The number of amides is 1. The molecule has 5 saturated carbocycles. The van der Waals surface area contributed by atoms with E-state index in [-0.39, 0.29) is 5.91 Å². The number of benzene rings is 2. The monoisotopic (exact) mass is 435 g/mol. The normalized spacial score (nSPS) is 32.0. The summed E-state index contributed by atoms with van der Waals surface area (Å²) >= 11 is 6.74. The molecule has 0 unspecified atom stereocenters. The summed E-state index contributed by atoms with van der Waals surface area (Å²) in [6.07, 6.45) is 9.92. The maximum absolute atomic E-state index is 12.1. The molecule has 31 heavy (non-hydrogen) atoms. The van der Waals surface area contributed by atoms with Gasteiger partial charge in [0.1, 0.15) is 0 Å². The number of rotatable bonds is 5. The van der Waals surface area contributed by atoms with Crippen LogP contribution in [0.1, 0.15) is 56.9 Å². The highest BCUT2D eigenvalue weighted by Crippen LogP contribution is 2.61. The minimum Gasteiger partial charge on any atom is -0.354 e. The van der Waals surface area contributed by atoms with Gasteiger partial charge in [-0.3, -0.25) is 4.79 Å². The summed E-state index contributed by atoms with van der Waals surface area (Å²) in [5.41, 5.74) is 9.71. The second-order valence-corrected chi connectivity index (χ2v) is 11.1. The fourth-order valence-corrected chi connectivity index (χ4v) is 7.05. The van der Waals surface area contributed by atoms with E-state index in [1.807, 2.05) is 24.3 Å². The number of nitrogens with two attached hydrogens (primary N) is 1. The van der Waals surface area contributed by atoms with Crippen molar-refractivity contribution >= 4 is 34.6 Å². The van der Waals surface area contributed by atoms with Gasteiger partial charge in [-0.05, 0) is 116 Å². The maximum Gasteiger partial charge on any atom is 0.244 e. The van der Waals surface area contributed by atoms with Gasteiger partial charge in [-0.1, -0.05) is 17.7 Å². The predicted octanol–water partition coefficient (Wildman–Crippen LogP) is 5.98. The lowest BCUT2D eigenvalue weighted by molar-refractivity contribution is -0.118. The van der Waals surface area contributed by atoms with E-state index >= 15 is 0 Å². The quantitative estimate of drug-likeness (QED) is 0.541. The van der Waals surface area contributed by atoms with Crippen LogP contribution in [0.5, 0.6) is 0 Å². The Labute approximate surface area is 188 Å². The summed E-state index contributed by atoms with van der Waals surface area (Å²) in [6, 6.07) is 14.3. The third kappa shape index (κ3) is 3.54. The molecule has 5 heteroatoms. The summed E-state index contributed by atoms with van der Waals surface area (Å²) in [6.45, 7) is 0. The Hall–Kier alpha value is -2.04. The number of hydrogen-bond donors (Lipinski definition) is 3. The highest BCUT2D eigenvalue weighted by atomic mass is 35.5. The molecule has 7 rings (SSSR count). The van der Waals surface area contributed by atoms with Gasteiger partial charge in [-0.2, -0.15) is 0 Å². The zero-order valence-corrected chi connectivity index (χ0v) is 18.5. The van der Waals surface area contributed by atoms with E-state index in [1.165, 1.54) is 44.1 Å². The van der Waals surface area contributed by atoms with Crippen LogP contribution in [0.25, 0.3) is 0 Å². The Morgan fingerprint density at radius 3 is 2.03 bits per heavy atom. The first-order chi connectivity index (χ1) is 14.9. The van der Waals surface area contributed by atoms with E-state index in [1.54, 1.807) is 0 Å². The fraction of sp³-hybridized carbons (Fsp3) is 0.500. The van der Waals surface area contributed by atoms with E-state index in [0.29, 0.717) is 5.41 Å². The van der Waals surface area contributed by atoms with Crippen LogP contribution in [-0.4, -0.2) is 11.4 Å². The molecule has 5 aliphatic carbocycles. The number of halogens is 1. The summed E-state index contributed by atoms with van der Waals surface area (Å²) in [4.78, 5) is 12.1. The molecule has 162 valence electrons. The molecule has 0 spiro atoms. The number of anilines is 3. The molecule has 1 amide bonds. The Morgan fingerprint density at radius 1 is 0.903 bits per heavy atom. The molecule has 2 aromatic rings. The van der Waals surface area contributed by atoms with Crippen LogP contribution in [0.3, 0.4) is 0 Å². The third-order valence-electron chi connectivity index (χ3n) is 8.28. The van der Waals surface area contributed by atoms with Gasteiger partial charge >= 0.3 is 0 Å². The maximum atomic E-state index is 12.1. The molecule has 0 heterocycles. The highest BCUT2D eigenvalue weighted by molar-refractivity contribution is 6.33. The van der Waals surface area contributed by atoms with Crippen molar-refractivity contribution in [2.75, 3.05) is 10.6 Å². The molecule has 2 aromatic carbocycles. The molecule has 0 radical (unpaired) electrons. The lowest BCUT2D eigenvalue weighted by Crippen LogP contribution is -2.48. The van der Waals surface area contributed by atoms with E-state index in [0.717, 1.165) is 52.7 Å². The van der Waals surface area contributed by atoms with Crippen molar-refractivity contribution in [2.24, 2.45) is 23.5 Å². The molecule has 5 fully saturated rings. The molecule has 0 aliphatic heterocycles. The van der Waals surface area contributed by atoms with Gasteiger partial charge in [-0.25, -0.2) is 0 Å². The van der Waals surface area contributed by atoms with E-state index in [2.05, 4.69) is 28.8 Å². The lowest BCUT2D eigenvalue weighted by Gasteiger charge is -2.57. The first-order valence-corrected chi connectivity index (χ1v) is 12.1. The largest absolute Gasteiger partial charge is 0.354 e. The standard InChI is InChI=1S/C26H30ClN3O/c27-22-12-19(25-13-16-9-17(14-25)11-18(10-16)15-25)1-6-23(22)29-20-2-4-21(5-3-20)30-24(31)26(28)7-8-26/h1-6,12,16-18,29H,7-11,13-15,28H2,(H,30,31). The minimum absolute atomic E-state index is 0.100. The van der Waals surface area contributed by atoms with E-state index in [9.17, 15) is 4.79 Å². The molecule has 4 nitrogen and oxygen atoms in total. The van der Waals surface area contributed by atoms with Crippen molar-refractivity contribution in [3.63, 3.8) is 0 Å². The molecule has 0 saturated heterocycles. The van der Waals surface area contributed by atoms with Gasteiger partial charge in [0.15, 0.2) is 0 Å². The SMILES string of the molecule is NC1(C(=O)Nc2ccc(Nc3ccc(C45CC6CC(CC(C6)C4)C5)cc3Cl)cc2)CC1. The number of carbonyl (C=O) groups excluding carboxylic acids is 1. The average molecular weight is 436 g/mol. The van der Waals surface area contributed by atoms with E-state index < -0.39 is 5.54 Å². The van der Waals surface area contributed by atoms with Crippen molar-refractivity contribution < 1.29 is 4.79 Å². The lowest BCUT2D eigenvalue weighted by atomic mass is 9.48. The first kappa shape index (κ1) is 19.6. The van der Waals surface area contributed by atoms with Crippen LogP contribution in [-0.2, 0) is 10.2 Å². The summed E-state index contributed by atoms with van der Waals surface area (Å²) in [5.74, 6) is 2.68. The Bertz CT molecular complexity index is 992. The number of carbonyl (C=O) groups is 1. The second-order valence-electron chi connectivity index (χ2n) is 10.7. The Balaban J connectivity index is 1.16. The zero-order valence-electron chi connectivity index (χ0n) is 17.8.